The molecule has 4 heteroatoms. The lowest BCUT2D eigenvalue weighted by atomic mass is 10.1. The zero-order valence-electron chi connectivity index (χ0n) is 10.6. The second kappa shape index (κ2) is 5.78. The van der Waals surface area contributed by atoms with Gasteiger partial charge in [0.1, 0.15) is 12.7 Å². The molecule has 2 rings (SSSR count). The Labute approximate surface area is 112 Å². The van der Waals surface area contributed by atoms with E-state index in [0.29, 0.717) is 29.4 Å². The molecular formula is C15H14N2O2. The van der Waals surface area contributed by atoms with Gasteiger partial charge in [-0.2, -0.15) is 5.26 Å². The van der Waals surface area contributed by atoms with Gasteiger partial charge in [-0.25, -0.2) is 0 Å². The summed E-state index contributed by atoms with van der Waals surface area (Å²) < 4.78 is 10.9. The Bertz CT molecular complexity index is 604. The van der Waals surface area contributed by atoms with Crippen LogP contribution in [0.2, 0.25) is 0 Å². The molecule has 0 saturated carbocycles. The van der Waals surface area contributed by atoms with E-state index in [1.54, 1.807) is 12.1 Å². The number of rotatable bonds is 4. The molecular weight excluding hydrogens is 240 g/mol. The van der Waals surface area contributed by atoms with Crippen molar-refractivity contribution in [2.45, 2.75) is 6.61 Å². The van der Waals surface area contributed by atoms with Gasteiger partial charge in [-0.05, 0) is 11.6 Å². The second-order valence-electron chi connectivity index (χ2n) is 3.99. The minimum Gasteiger partial charge on any atom is -0.492 e. The highest BCUT2D eigenvalue weighted by Gasteiger charge is 2.12. The molecule has 0 amide bonds. The van der Waals surface area contributed by atoms with Crippen molar-refractivity contribution in [2.24, 2.45) is 0 Å². The summed E-state index contributed by atoms with van der Waals surface area (Å²) in [5, 5.41) is 9.04. The third kappa shape index (κ3) is 2.96. The van der Waals surface area contributed by atoms with E-state index in [2.05, 4.69) is 0 Å². The molecule has 2 N–H and O–H groups in total. The molecule has 4 nitrogen and oxygen atoms in total. The highest BCUT2D eigenvalue weighted by atomic mass is 16.5. The Hall–Kier alpha value is -2.67. The first-order chi connectivity index (χ1) is 9.24. The molecule has 0 atom stereocenters. The van der Waals surface area contributed by atoms with Crippen molar-refractivity contribution in [1.82, 2.24) is 0 Å². The summed E-state index contributed by atoms with van der Waals surface area (Å²) >= 11 is 0. The standard InChI is InChI=1S/C15H14N2O2/c1-18-15-12(9-16)7-13(17)8-14(15)19-10-11-5-3-2-4-6-11/h2-8H,10,17H2,1H3. The second-order valence-corrected chi connectivity index (χ2v) is 3.99. The zero-order chi connectivity index (χ0) is 13.7. The van der Waals surface area contributed by atoms with Gasteiger partial charge in [0, 0.05) is 11.8 Å². The Morgan fingerprint density at radius 2 is 1.95 bits per heavy atom. The van der Waals surface area contributed by atoms with Gasteiger partial charge >= 0.3 is 0 Å². The van der Waals surface area contributed by atoms with E-state index in [-0.39, 0.29) is 0 Å². The van der Waals surface area contributed by atoms with Gasteiger partial charge in [0.05, 0.1) is 12.7 Å². The van der Waals surface area contributed by atoms with Gasteiger partial charge in [0.25, 0.3) is 0 Å². The number of ether oxygens (including phenoxy) is 2. The van der Waals surface area contributed by atoms with Crippen LogP contribution >= 0.6 is 0 Å². The molecule has 96 valence electrons. The average Bonchev–Trinajstić information content (AvgIpc) is 2.45. The minimum absolute atomic E-state index is 0.366. The van der Waals surface area contributed by atoms with Crippen LogP contribution in [0.1, 0.15) is 11.1 Å². The number of hydrogen-bond donors (Lipinski definition) is 1. The van der Waals surface area contributed by atoms with E-state index in [4.69, 9.17) is 20.5 Å². The first-order valence-electron chi connectivity index (χ1n) is 5.79. The number of anilines is 1. The van der Waals surface area contributed by atoms with E-state index in [1.807, 2.05) is 36.4 Å². The van der Waals surface area contributed by atoms with Crippen LogP contribution in [0.15, 0.2) is 42.5 Å². The molecule has 0 aliphatic heterocycles. The fourth-order valence-corrected chi connectivity index (χ4v) is 1.76. The van der Waals surface area contributed by atoms with Crippen molar-refractivity contribution in [3.8, 4) is 17.6 Å². The lowest BCUT2D eigenvalue weighted by molar-refractivity contribution is 0.284. The monoisotopic (exact) mass is 254 g/mol. The SMILES string of the molecule is COc1c(C#N)cc(N)cc1OCc1ccccc1. The predicted molar refractivity (Wildman–Crippen MR) is 72.9 cm³/mol. The van der Waals surface area contributed by atoms with E-state index >= 15 is 0 Å². The summed E-state index contributed by atoms with van der Waals surface area (Å²) in [4.78, 5) is 0. The Kier molecular flexibility index (Phi) is 3.89. The Morgan fingerprint density at radius 3 is 2.58 bits per heavy atom. The summed E-state index contributed by atoms with van der Waals surface area (Å²) in [5.74, 6) is 0.885. The minimum atomic E-state index is 0.366. The van der Waals surface area contributed by atoms with E-state index in [0.717, 1.165) is 5.56 Å². The van der Waals surface area contributed by atoms with Gasteiger partial charge < -0.3 is 15.2 Å². The lowest BCUT2D eigenvalue weighted by Crippen LogP contribution is -2.00. The molecule has 0 aliphatic rings. The number of hydrogen-bond acceptors (Lipinski definition) is 4. The molecule has 19 heavy (non-hydrogen) atoms. The van der Waals surface area contributed by atoms with Crippen LogP contribution in [0.5, 0.6) is 11.5 Å². The summed E-state index contributed by atoms with van der Waals surface area (Å²) in [5.41, 5.74) is 7.61. The molecule has 0 unspecified atom stereocenters. The van der Waals surface area contributed by atoms with Crippen molar-refractivity contribution in [1.29, 1.82) is 5.26 Å². The molecule has 0 fully saturated rings. The highest BCUT2D eigenvalue weighted by Crippen LogP contribution is 2.33. The van der Waals surface area contributed by atoms with Crippen molar-refractivity contribution in [3.05, 3.63) is 53.6 Å². The zero-order valence-corrected chi connectivity index (χ0v) is 10.6. The van der Waals surface area contributed by atoms with Gasteiger partial charge in [-0.1, -0.05) is 30.3 Å². The molecule has 2 aromatic rings. The first kappa shape index (κ1) is 12.8. The summed E-state index contributed by atoms with van der Waals surface area (Å²) in [7, 11) is 1.50. The Balaban J connectivity index is 2.25. The maximum absolute atomic E-state index is 9.04. The largest absolute Gasteiger partial charge is 0.492 e. The molecule has 0 bridgehead atoms. The summed E-state index contributed by atoms with van der Waals surface area (Å²) in [6.45, 7) is 0.394. The van der Waals surface area contributed by atoms with Gasteiger partial charge in [0.15, 0.2) is 11.5 Å². The first-order valence-corrected chi connectivity index (χ1v) is 5.79. The van der Waals surface area contributed by atoms with Crippen LogP contribution in [0.3, 0.4) is 0 Å². The summed E-state index contributed by atoms with van der Waals surface area (Å²) in [6, 6.07) is 15.0. The fourth-order valence-electron chi connectivity index (χ4n) is 1.76. The van der Waals surface area contributed by atoms with Crippen LogP contribution in [-0.4, -0.2) is 7.11 Å². The number of nitrogens with two attached hydrogens (primary N) is 1. The van der Waals surface area contributed by atoms with Crippen LogP contribution in [0, 0.1) is 11.3 Å². The third-order valence-electron chi connectivity index (χ3n) is 2.64. The number of nitrogen functional groups attached to an aromatic ring is 1. The van der Waals surface area contributed by atoms with Gasteiger partial charge in [0.2, 0.25) is 0 Å². The smallest absolute Gasteiger partial charge is 0.178 e. The molecule has 0 spiro atoms. The van der Waals surface area contributed by atoms with E-state index < -0.39 is 0 Å². The predicted octanol–water partition coefficient (Wildman–Crippen LogP) is 2.73. The molecule has 2 aromatic carbocycles. The number of nitrogens with zero attached hydrogens (tertiary/aromatic N) is 1. The highest BCUT2D eigenvalue weighted by molar-refractivity contribution is 5.61. The molecule has 0 saturated heterocycles. The topological polar surface area (TPSA) is 68.3 Å². The van der Waals surface area contributed by atoms with E-state index in [9.17, 15) is 0 Å². The van der Waals surface area contributed by atoms with Gasteiger partial charge in [-0.15, -0.1) is 0 Å². The van der Waals surface area contributed by atoms with Crippen LogP contribution in [0.4, 0.5) is 5.69 Å². The van der Waals surface area contributed by atoms with Crippen molar-refractivity contribution < 1.29 is 9.47 Å². The normalized spacial score (nSPS) is 9.68. The van der Waals surface area contributed by atoms with Crippen LogP contribution < -0.4 is 15.2 Å². The van der Waals surface area contributed by atoms with Crippen molar-refractivity contribution in [3.63, 3.8) is 0 Å². The number of methoxy groups -OCH3 is 1. The molecule has 0 aliphatic carbocycles. The quantitative estimate of drug-likeness (QED) is 0.852. The maximum atomic E-state index is 9.04. The molecule has 0 heterocycles. The fraction of sp³-hybridized carbons (Fsp3) is 0.133. The van der Waals surface area contributed by atoms with Crippen LogP contribution in [0.25, 0.3) is 0 Å². The molecule has 0 radical (unpaired) electrons. The van der Waals surface area contributed by atoms with Crippen LogP contribution in [-0.2, 0) is 6.61 Å². The third-order valence-corrected chi connectivity index (χ3v) is 2.64. The Morgan fingerprint density at radius 1 is 1.21 bits per heavy atom. The van der Waals surface area contributed by atoms with Gasteiger partial charge in [-0.3, -0.25) is 0 Å². The number of benzene rings is 2. The average molecular weight is 254 g/mol. The maximum Gasteiger partial charge on any atom is 0.178 e. The molecule has 0 aromatic heterocycles. The summed E-state index contributed by atoms with van der Waals surface area (Å²) in [6.07, 6.45) is 0. The lowest BCUT2D eigenvalue weighted by Gasteiger charge is -2.12. The van der Waals surface area contributed by atoms with Crippen molar-refractivity contribution in [2.75, 3.05) is 12.8 Å². The van der Waals surface area contributed by atoms with Crippen molar-refractivity contribution >= 4 is 5.69 Å². The van der Waals surface area contributed by atoms with E-state index in [1.165, 1.54) is 7.11 Å². The number of nitriles is 1.